The SMILES string of the molecule is C=C(C(=O)OCC)[C@]1(c2ccccc2)Oc2ccc(Br)cc2[C@H]1NP(=S)(c1ccccc1)c1ccccc1. The average molecular weight is 605 g/mol. The van der Waals surface area contributed by atoms with Gasteiger partial charge in [0.05, 0.1) is 24.4 Å². The minimum atomic E-state index is -2.63. The highest BCUT2D eigenvalue weighted by Crippen LogP contribution is 2.57. The second-order valence-electron chi connectivity index (χ2n) is 8.93. The van der Waals surface area contributed by atoms with E-state index < -0.39 is 23.8 Å². The van der Waals surface area contributed by atoms with Crippen LogP contribution < -0.4 is 20.4 Å². The second-order valence-corrected chi connectivity index (χ2v) is 14.0. The number of benzene rings is 4. The highest BCUT2D eigenvalue weighted by atomic mass is 79.9. The molecule has 0 spiro atoms. The largest absolute Gasteiger partial charge is 0.475 e. The van der Waals surface area contributed by atoms with E-state index in [4.69, 9.17) is 21.3 Å². The van der Waals surface area contributed by atoms with Gasteiger partial charge in [0.25, 0.3) is 0 Å². The van der Waals surface area contributed by atoms with Crippen molar-refractivity contribution in [3.8, 4) is 5.75 Å². The van der Waals surface area contributed by atoms with Gasteiger partial charge in [0, 0.05) is 26.2 Å². The Labute approximate surface area is 236 Å². The van der Waals surface area contributed by atoms with E-state index in [0.717, 1.165) is 26.2 Å². The third-order valence-corrected chi connectivity index (χ3v) is 11.4. The summed E-state index contributed by atoms with van der Waals surface area (Å²) in [5, 5.41) is 5.90. The Bertz CT molecular complexity index is 1470. The number of rotatable bonds is 8. The second kappa shape index (κ2) is 11.0. The van der Waals surface area contributed by atoms with Crippen LogP contribution in [0.1, 0.15) is 24.1 Å². The average Bonchev–Trinajstić information content (AvgIpc) is 3.27. The lowest BCUT2D eigenvalue weighted by Gasteiger charge is -2.39. The fraction of sp³-hybridized carbons (Fsp3) is 0.129. The number of nitrogens with one attached hydrogen (secondary N) is 1. The standard InChI is InChI=1S/C31H27BrNO3PS/c1-3-35-30(34)22(2)31(23-13-7-4-8-14-23)29(27-21-24(32)19-20-28(27)36-31)33-37(38,25-15-9-5-10-16-25)26-17-11-6-12-18-26/h4-21,29H,2-3H2,1H3,(H,33,38)/t29-,31-/m1/s1. The summed E-state index contributed by atoms with van der Waals surface area (Å²) in [5.74, 6) is 0.144. The van der Waals surface area contributed by atoms with Crippen molar-refractivity contribution in [1.82, 2.24) is 5.09 Å². The first kappa shape index (κ1) is 26.6. The van der Waals surface area contributed by atoms with Crippen molar-refractivity contribution < 1.29 is 14.3 Å². The van der Waals surface area contributed by atoms with Crippen LogP contribution in [-0.4, -0.2) is 12.6 Å². The quantitative estimate of drug-likeness (QED) is 0.141. The summed E-state index contributed by atoms with van der Waals surface area (Å²) in [4.78, 5) is 13.3. The van der Waals surface area contributed by atoms with Gasteiger partial charge in [-0.05, 0) is 25.1 Å². The van der Waals surface area contributed by atoms with Crippen LogP contribution >= 0.6 is 22.1 Å². The number of halogens is 1. The molecule has 2 atom stereocenters. The molecule has 0 radical (unpaired) electrons. The number of ether oxygens (including phenoxy) is 2. The van der Waals surface area contributed by atoms with Crippen molar-refractivity contribution in [2.45, 2.75) is 18.6 Å². The Kier molecular flexibility index (Phi) is 7.69. The molecule has 0 unspecified atom stereocenters. The molecule has 1 aliphatic rings. The Morgan fingerprint density at radius 3 is 2.08 bits per heavy atom. The number of esters is 1. The molecule has 192 valence electrons. The summed E-state index contributed by atoms with van der Waals surface area (Å²) >= 11 is 10.2. The first-order valence-corrected chi connectivity index (χ1v) is 15.9. The van der Waals surface area contributed by atoms with Crippen molar-refractivity contribution >= 4 is 50.5 Å². The fourth-order valence-electron chi connectivity index (χ4n) is 4.90. The molecule has 4 nitrogen and oxygen atoms in total. The normalized spacial score (nSPS) is 18.3. The fourth-order valence-corrected chi connectivity index (χ4v) is 8.79. The first-order valence-electron chi connectivity index (χ1n) is 12.3. The van der Waals surface area contributed by atoms with Gasteiger partial charge in [0.1, 0.15) is 5.75 Å². The summed E-state index contributed by atoms with van der Waals surface area (Å²) in [6.45, 7) is 6.27. The van der Waals surface area contributed by atoms with Crippen LogP contribution in [-0.2, 0) is 26.9 Å². The molecule has 0 amide bonds. The molecule has 7 heteroatoms. The van der Waals surface area contributed by atoms with Crippen molar-refractivity contribution in [2.24, 2.45) is 0 Å². The molecule has 1 aliphatic heterocycles. The van der Waals surface area contributed by atoms with E-state index in [1.807, 2.05) is 84.9 Å². The molecule has 0 aromatic heterocycles. The van der Waals surface area contributed by atoms with Gasteiger partial charge >= 0.3 is 5.97 Å². The van der Waals surface area contributed by atoms with Crippen LogP contribution in [0.5, 0.6) is 5.75 Å². The van der Waals surface area contributed by atoms with Crippen LogP contribution in [0.3, 0.4) is 0 Å². The molecule has 0 aliphatic carbocycles. The Hall–Kier alpha value is -3.02. The van der Waals surface area contributed by atoms with Gasteiger partial charge in [-0.2, -0.15) is 0 Å². The maximum absolute atomic E-state index is 13.3. The van der Waals surface area contributed by atoms with Crippen molar-refractivity contribution in [3.63, 3.8) is 0 Å². The minimum absolute atomic E-state index is 0.207. The van der Waals surface area contributed by atoms with Crippen LogP contribution in [0.25, 0.3) is 0 Å². The highest BCUT2D eigenvalue weighted by Gasteiger charge is 2.55. The molecule has 1 heterocycles. The molecule has 1 N–H and O–H groups in total. The summed E-state index contributed by atoms with van der Waals surface area (Å²) in [7, 11) is 0. The zero-order valence-electron chi connectivity index (χ0n) is 20.8. The van der Waals surface area contributed by atoms with Crippen molar-refractivity contribution in [3.05, 3.63) is 137 Å². The zero-order valence-corrected chi connectivity index (χ0v) is 24.1. The highest BCUT2D eigenvalue weighted by molar-refractivity contribution is 9.10. The van der Waals surface area contributed by atoms with E-state index in [0.29, 0.717) is 5.75 Å². The van der Waals surface area contributed by atoms with Crippen LogP contribution in [0.2, 0.25) is 0 Å². The first-order chi connectivity index (χ1) is 18.4. The molecule has 0 fully saturated rings. The summed E-state index contributed by atoms with van der Waals surface area (Å²) < 4.78 is 13.1. The van der Waals surface area contributed by atoms with Gasteiger partial charge in [0.15, 0.2) is 5.60 Å². The van der Waals surface area contributed by atoms with Gasteiger partial charge in [-0.3, -0.25) is 5.09 Å². The zero-order chi connectivity index (χ0) is 26.8. The number of carbonyl (C=O) groups excluding carboxylic acids is 1. The lowest BCUT2D eigenvalue weighted by atomic mass is 9.79. The molecule has 4 aromatic rings. The van der Waals surface area contributed by atoms with Crippen LogP contribution in [0, 0.1) is 0 Å². The summed E-state index contributed by atoms with van der Waals surface area (Å²) in [5.41, 5.74) is 0.586. The lowest BCUT2D eigenvalue weighted by Crippen LogP contribution is -2.46. The van der Waals surface area contributed by atoms with Gasteiger partial charge in [-0.1, -0.05) is 125 Å². The van der Waals surface area contributed by atoms with Crippen LogP contribution in [0.4, 0.5) is 0 Å². The summed E-state index contributed by atoms with van der Waals surface area (Å²) in [6.07, 6.45) is -2.63. The molecule has 0 bridgehead atoms. The maximum atomic E-state index is 13.3. The molecular formula is C31H27BrNO3PS. The van der Waals surface area contributed by atoms with E-state index in [9.17, 15) is 4.79 Å². The smallest absolute Gasteiger partial charge is 0.337 e. The maximum Gasteiger partial charge on any atom is 0.337 e. The molecule has 38 heavy (non-hydrogen) atoms. The minimum Gasteiger partial charge on any atom is -0.475 e. The predicted molar refractivity (Wildman–Crippen MR) is 161 cm³/mol. The van der Waals surface area contributed by atoms with Crippen molar-refractivity contribution in [1.29, 1.82) is 0 Å². The number of hydrogen-bond donors (Lipinski definition) is 1. The number of carbonyl (C=O) groups is 1. The van der Waals surface area contributed by atoms with E-state index in [1.54, 1.807) is 6.92 Å². The Morgan fingerprint density at radius 2 is 1.53 bits per heavy atom. The van der Waals surface area contributed by atoms with Crippen molar-refractivity contribution in [2.75, 3.05) is 6.61 Å². The molecule has 4 aromatic carbocycles. The van der Waals surface area contributed by atoms with Gasteiger partial charge in [0.2, 0.25) is 0 Å². The lowest BCUT2D eigenvalue weighted by molar-refractivity contribution is -0.141. The molecule has 0 saturated carbocycles. The monoisotopic (exact) mass is 603 g/mol. The van der Waals surface area contributed by atoms with Gasteiger partial charge in [-0.15, -0.1) is 0 Å². The van der Waals surface area contributed by atoms with Gasteiger partial charge in [-0.25, -0.2) is 4.79 Å². The van der Waals surface area contributed by atoms with Crippen LogP contribution in [0.15, 0.2) is 126 Å². The van der Waals surface area contributed by atoms with Gasteiger partial charge < -0.3 is 9.47 Å². The van der Waals surface area contributed by atoms with E-state index in [-0.39, 0.29) is 12.2 Å². The molecular weight excluding hydrogens is 577 g/mol. The third-order valence-electron chi connectivity index (χ3n) is 6.68. The van der Waals surface area contributed by atoms with E-state index in [1.165, 1.54) is 0 Å². The number of fused-ring (bicyclic) bond motifs is 1. The van der Waals surface area contributed by atoms with E-state index >= 15 is 0 Å². The molecule has 5 rings (SSSR count). The topological polar surface area (TPSA) is 47.6 Å². The number of hydrogen-bond acceptors (Lipinski definition) is 4. The summed E-state index contributed by atoms with van der Waals surface area (Å²) in [6, 6.07) is 35.2. The van der Waals surface area contributed by atoms with E-state index in [2.05, 4.69) is 51.9 Å². The Morgan fingerprint density at radius 1 is 0.974 bits per heavy atom. The third kappa shape index (κ3) is 4.67. The predicted octanol–water partition coefficient (Wildman–Crippen LogP) is 6.53. The Balaban J connectivity index is 1.77. The molecule has 0 saturated heterocycles.